The molecule has 1 heterocycles. The van der Waals surface area contributed by atoms with Crippen molar-refractivity contribution in [1.29, 1.82) is 0 Å². The van der Waals surface area contributed by atoms with E-state index in [2.05, 4.69) is 0 Å². The molecule has 2 N–H and O–H groups in total. The number of carbonyl (C=O) groups excluding carboxylic acids is 1. The van der Waals surface area contributed by atoms with Crippen LogP contribution in [0.1, 0.15) is 30.4 Å². The summed E-state index contributed by atoms with van der Waals surface area (Å²) in [5.41, 5.74) is 8.48. The molecule has 1 amide bonds. The number of benzene rings is 1. The van der Waals surface area contributed by atoms with Gasteiger partial charge in [0, 0.05) is 18.5 Å². The van der Waals surface area contributed by atoms with Crippen molar-refractivity contribution < 1.29 is 4.79 Å². The molecule has 1 saturated heterocycles. The maximum absolute atomic E-state index is 11.9. The van der Waals surface area contributed by atoms with Crippen LogP contribution in [0.3, 0.4) is 0 Å². The van der Waals surface area contributed by atoms with Gasteiger partial charge in [0.2, 0.25) is 5.91 Å². The first-order valence-corrected chi connectivity index (χ1v) is 6.22. The minimum absolute atomic E-state index is 0.166. The summed E-state index contributed by atoms with van der Waals surface area (Å²) < 4.78 is 0. The van der Waals surface area contributed by atoms with Crippen LogP contribution in [0.5, 0.6) is 0 Å². The average molecular weight is 248 g/mol. The largest absolute Gasteiger partial charge is 0.389 e. The molecule has 0 saturated carbocycles. The Bertz CT molecular complexity index is 470. The van der Waals surface area contributed by atoms with Crippen LogP contribution in [0.25, 0.3) is 0 Å². The van der Waals surface area contributed by atoms with Gasteiger partial charge in [0.25, 0.3) is 0 Å². The van der Waals surface area contributed by atoms with E-state index in [4.69, 9.17) is 18.0 Å². The molecule has 3 nitrogen and oxygen atoms in total. The Labute approximate surface area is 107 Å². The SMILES string of the molecule is Cc1cccc(N2CCCCC2=O)c1C(N)=S. The minimum atomic E-state index is 0.166. The van der Waals surface area contributed by atoms with Gasteiger partial charge >= 0.3 is 0 Å². The summed E-state index contributed by atoms with van der Waals surface area (Å²) in [6.45, 7) is 2.73. The summed E-state index contributed by atoms with van der Waals surface area (Å²) in [6.07, 6.45) is 2.63. The molecule has 90 valence electrons. The maximum atomic E-state index is 11.9. The number of anilines is 1. The molecule has 1 fully saturated rings. The lowest BCUT2D eigenvalue weighted by Crippen LogP contribution is -2.36. The van der Waals surface area contributed by atoms with E-state index < -0.39 is 0 Å². The van der Waals surface area contributed by atoms with E-state index in [1.165, 1.54) is 0 Å². The molecule has 1 aliphatic rings. The Balaban J connectivity index is 2.47. The summed E-state index contributed by atoms with van der Waals surface area (Å²) in [5.74, 6) is 0.166. The summed E-state index contributed by atoms with van der Waals surface area (Å²) in [6, 6.07) is 5.82. The Morgan fingerprint density at radius 3 is 2.82 bits per heavy atom. The standard InChI is InChI=1S/C13H16N2OS/c1-9-5-4-6-10(12(9)13(14)17)15-8-3-2-7-11(15)16/h4-6H,2-3,7-8H2,1H3,(H2,14,17). The van der Waals surface area contributed by atoms with Crippen LogP contribution in [-0.2, 0) is 4.79 Å². The zero-order chi connectivity index (χ0) is 12.4. The predicted octanol–water partition coefficient (Wildman–Crippen LogP) is 2.15. The summed E-state index contributed by atoms with van der Waals surface area (Å²) in [5, 5.41) is 0. The van der Waals surface area contributed by atoms with Crippen molar-refractivity contribution in [2.75, 3.05) is 11.4 Å². The lowest BCUT2D eigenvalue weighted by molar-refractivity contribution is -0.119. The van der Waals surface area contributed by atoms with E-state index >= 15 is 0 Å². The number of hydrogen-bond donors (Lipinski definition) is 1. The number of piperidine rings is 1. The van der Waals surface area contributed by atoms with Gasteiger partial charge in [-0.05, 0) is 31.4 Å². The van der Waals surface area contributed by atoms with Crippen molar-refractivity contribution in [3.63, 3.8) is 0 Å². The molecule has 0 atom stereocenters. The van der Waals surface area contributed by atoms with Gasteiger partial charge in [0.1, 0.15) is 4.99 Å². The number of thiocarbonyl (C=S) groups is 1. The molecule has 0 aliphatic carbocycles. The van der Waals surface area contributed by atoms with Crippen molar-refractivity contribution in [1.82, 2.24) is 0 Å². The Hall–Kier alpha value is -1.42. The quantitative estimate of drug-likeness (QED) is 0.816. The Morgan fingerprint density at radius 1 is 1.41 bits per heavy atom. The number of nitrogens with two attached hydrogens (primary N) is 1. The highest BCUT2D eigenvalue weighted by molar-refractivity contribution is 7.80. The lowest BCUT2D eigenvalue weighted by Gasteiger charge is -2.29. The highest BCUT2D eigenvalue weighted by atomic mass is 32.1. The van der Waals surface area contributed by atoms with Crippen LogP contribution >= 0.6 is 12.2 Å². The normalized spacial score (nSPS) is 16.1. The van der Waals surface area contributed by atoms with Crippen molar-refractivity contribution in [2.45, 2.75) is 26.2 Å². The van der Waals surface area contributed by atoms with Gasteiger partial charge in [0.15, 0.2) is 0 Å². The number of aryl methyl sites for hydroxylation is 1. The Kier molecular flexibility index (Phi) is 3.43. The highest BCUT2D eigenvalue weighted by Crippen LogP contribution is 2.27. The van der Waals surface area contributed by atoms with Crippen LogP contribution in [-0.4, -0.2) is 17.4 Å². The molecule has 1 aromatic rings. The second-order valence-electron chi connectivity index (χ2n) is 4.34. The second kappa shape index (κ2) is 4.84. The first-order valence-electron chi connectivity index (χ1n) is 5.81. The van der Waals surface area contributed by atoms with Crippen molar-refractivity contribution in [2.24, 2.45) is 5.73 Å². The van der Waals surface area contributed by atoms with Crippen LogP contribution in [0.2, 0.25) is 0 Å². The molecule has 0 radical (unpaired) electrons. The van der Waals surface area contributed by atoms with Gasteiger partial charge in [-0.25, -0.2) is 0 Å². The van der Waals surface area contributed by atoms with Crippen LogP contribution in [0, 0.1) is 6.92 Å². The van der Waals surface area contributed by atoms with Gasteiger partial charge in [-0.2, -0.15) is 0 Å². The molecule has 0 aromatic heterocycles. The van der Waals surface area contributed by atoms with E-state index in [0.717, 1.165) is 36.2 Å². The first-order chi connectivity index (χ1) is 8.11. The van der Waals surface area contributed by atoms with Crippen LogP contribution in [0.15, 0.2) is 18.2 Å². The predicted molar refractivity (Wildman–Crippen MR) is 73.3 cm³/mol. The van der Waals surface area contributed by atoms with Gasteiger partial charge < -0.3 is 10.6 Å². The third-order valence-corrected chi connectivity index (χ3v) is 3.32. The van der Waals surface area contributed by atoms with E-state index in [-0.39, 0.29) is 5.91 Å². The fourth-order valence-corrected chi connectivity index (χ4v) is 2.52. The van der Waals surface area contributed by atoms with Crippen molar-refractivity contribution >= 4 is 28.8 Å². The maximum Gasteiger partial charge on any atom is 0.226 e. The molecule has 2 rings (SSSR count). The molecule has 0 bridgehead atoms. The third-order valence-electron chi connectivity index (χ3n) is 3.11. The highest BCUT2D eigenvalue weighted by Gasteiger charge is 2.23. The van der Waals surface area contributed by atoms with Gasteiger partial charge in [0.05, 0.1) is 5.69 Å². The molecule has 4 heteroatoms. The van der Waals surface area contributed by atoms with Crippen LogP contribution < -0.4 is 10.6 Å². The fourth-order valence-electron chi connectivity index (χ4n) is 2.26. The van der Waals surface area contributed by atoms with E-state index in [1.807, 2.05) is 30.0 Å². The molecule has 1 aromatic carbocycles. The van der Waals surface area contributed by atoms with Crippen molar-refractivity contribution in [3.05, 3.63) is 29.3 Å². The lowest BCUT2D eigenvalue weighted by atomic mass is 10.0. The van der Waals surface area contributed by atoms with Crippen molar-refractivity contribution in [3.8, 4) is 0 Å². The van der Waals surface area contributed by atoms with E-state index in [9.17, 15) is 4.79 Å². The number of hydrogen-bond acceptors (Lipinski definition) is 2. The smallest absolute Gasteiger partial charge is 0.226 e. The van der Waals surface area contributed by atoms with Gasteiger partial charge in [-0.1, -0.05) is 24.4 Å². The number of nitrogens with zero attached hydrogens (tertiary/aromatic N) is 1. The third kappa shape index (κ3) is 2.31. The Morgan fingerprint density at radius 2 is 2.18 bits per heavy atom. The van der Waals surface area contributed by atoms with Gasteiger partial charge in [-0.15, -0.1) is 0 Å². The summed E-state index contributed by atoms with van der Waals surface area (Å²) >= 11 is 5.08. The van der Waals surface area contributed by atoms with Gasteiger partial charge in [-0.3, -0.25) is 4.79 Å². The molecular formula is C13H16N2OS. The molecule has 0 spiro atoms. The molecule has 0 unspecified atom stereocenters. The second-order valence-corrected chi connectivity index (χ2v) is 4.78. The zero-order valence-electron chi connectivity index (χ0n) is 9.90. The monoisotopic (exact) mass is 248 g/mol. The molecule has 1 aliphatic heterocycles. The summed E-state index contributed by atoms with van der Waals surface area (Å²) in [4.78, 5) is 14.1. The molecular weight excluding hydrogens is 232 g/mol. The zero-order valence-corrected chi connectivity index (χ0v) is 10.7. The number of amides is 1. The molecule has 17 heavy (non-hydrogen) atoms. The topological polar surface area (TPSA) is 46.3 Å². The van der Waals surface area contributed by atoms with Crippen LogP contribution in [0.4, 0.5) is 5.69 Å². The first kappa shape index (κ1) is 12.0. The minimum Gasteiger partial charge on any atom is -0.389 e. The van der Waals surface area contributed by atoms with E-state index in [1.54, 1.807) is 0 Å². The van der Waals surface area contributed by atoms with E-state index in [0.29, 0.717) is 11.4 Å². The number of carbonyl (C=O) groups is 1. The fraction of sp³-hybridized carbons (Fsp3) is 0.385. The summed E-state index contributed by atoms with van der Waals surface area (Å²) in [7, 11) is 0. The average Bonchev–Trinajstić information content (AvgIpc) is 2.28. The number of rotatable bonds is 2.